The normalized spacial score (nSPS) is 15.4. The first-order chi connectivity index (χ1) is 10.1. The summed E-state index contributed by atoms with van der Waals surface area (Å²) < 4.78 is 5.20. The maximum absolute atomic E-state index is 11.1. The molecule has 0 heterocycles. The van der Waals surface area contributed by atoms with Crippen LogP contribution in [0.5, 0.6) is 0 Å². The lowest BCUT2D eigenvalue weighted by Gasteiger charge is -2.52. The number of hydrogen-bond acceptors (Lipinski definition) is 4. The largest absolute Gasteiger partial charge is 0.506 e. The monoisotopic (exact) mass is 318 g/mol. The molecule has 0 spiro atoms. The number of hydrogen-bond donors (Lipinski definition) is 1. The van der Waals surface area contributed by atoms with Gasteiger partial charge in [0.2, 0.25) is 0 Å². The van der Waals surface area contributed by atoms with Gasteiger partial charge in [-0.05, 0) is 33.1 Å². The van der Waals surface area contributed by atoms with E-state index >= 15 is 0 Å². The number of carboxylic acid groups (broad SMARTS) is 1. The maximum atomic E-state index is 11.1. The Morgan fingerprint density at radius 1 is 1.05 bits per heavy atom. The van der Waals surface area contributed by atoms with Gasteiger partial charge in [0.1, 0.15) is 11.2 Å². The van der Waals surface area contributed by atoms with Crippen LogP contribution in [0.15, 0.2) is 0 Å². The Bertz CT molecular complexity index is 338. The molecule has 22 heavy (non-hydrogen) atoms. The summed E-state index contributed by atoms with van der Waals surface area (Å²) >= 11 is 0. The molecular formula is C17H34O5. The fourth-order valence-electron chi connectivity index (χ4n) is 3.46. The van der Waals surface area contributed by atoms with Crippen molar-refractivity contribution in [2.45, 2.75) is 91.8 Å². The molecule has 0 radical (unpaired) electrons. The zero-order valence-electron chi connectivity index (χ0n) is 15.3. The molecule has 5 nitrogen and oxygen atoms in total. The van der Waals surface area contributed by atoms with E-state index in [0.717, 1.165) is 25.7 Å². The van der Waals surface area contributed by atoms with E-state index in [2.05, 4.69) is 27.7 Å². The van der Waals surface area contributed by atoms with Crippen molar-refractivity contribution in [3.63, 3.8) is 0 Å². The van der Waals surface area contributed by atoms with Gasteiger partial charge >= 0.3 is 6.16 Å². The first kappa shape index (κ1) is 21.2. The van der Waals surface area contributed by atoms with Crippen molar-refractivity contribution in [3.8, 4) is 0 Å². The molecule has 0 aliphatic rings. The topological polar surface area (TPSA) is 65.0 Å². The molecule has 0 aromatic heterocycles. The summed E-state index contributed by atoms with van der Waals surface area (Å²) in [7, 11) is 0. The van der Waals surface area contributed by atoms with E-state index in [1.807, 2.05) is 6.92 Å². The molecular weight excluding hydrogens is 284 g/mol. The molecule has 132 valence electrons. The highest BCUT2D eigenvalue weighted by atomic mass is 17.2. The predicted molar refractivity (Wildman–Crippen MR) is 86.8 cm³/mol. The van der Waals surface area contributed by atoms with Crippen molar-refractivity contribution in [2.75, 3.05) is 6.61 Å². The average Bonchev–Trinajstić information content (AvgIpc) is 2.36. The first-order valence-corrected chi connectivity index (χ1v) is 8.32. The third-order valence-corrected chi connectivity index (χ3v) is 4.56. The summed E-state index contributed by atoms with van der Waals surface area (Å²) in [6, 6.07) is 0. The average molecular weight is 318 g/mol. The molecule has 0 aromatic carbocycles. The van der Waals surface area contributed by atoms with Crippen LogP contribution in [0.3, 0.4) is 0 Å². The van der Waals surface area contributed by atoms with Crippen molar-refractivity contribution in [2.24, 2.45) is 5.41 Å². The Morgan fingerprint density at radius 3 is 2.05 bits per heavy atom. The van der Waals surface area contributed by atoms with Crippen molar-refractivity contribution < 1.29 is 24.4 Å². The Labute approximate surface area is 135 Å². The molecule has 5 heteroatoms. The minimum absolute atomic E-state index is 0.304. The van der Waals surface area contributed by atoms with Gasteiger partial charge in [-0.3, -0.25) is 0 Å². The van der Waals surface area contributed by atoms with Gasteiger partial charge in [0.15, 0.2) is 0 Å². The highest BCUT2D eigenvalue weighted by Gasteiger charge is 2.58. The number of unbranched alkanes of at least 4 members (excludes halogenated alkanes) is 1. The molecule has 0 saturated heterocycles. The standard InChI is InChI=1S/C17H34O5/c1-8-11-13-20-22-17(10-3,15(4,5)12-9-2)16(6,7)21-14(18)19/h8-13H2,1-7H3,(H,18,19). The van der Waals surface area contributed by atoms with E-state index in [4.69, 9.17) is 19.6 Å². The van der Waals surface area contributed by atoms with E-state index in [9.17, 15) is 4.79 Å². The summed E-state index contributed by atoms with van der Waals surface area (Å²) in [6.45, 7) is 14.3. The van der Waals surface area contributed by atoms with Crippen LogP contribution in [-0.2, 0) is 14.5 Å². The van der Waals surface area contributed by atoms with Crippen LogP contribution < -0.4 is 0 Å². The van der Waals surface area contributed by atoms with Crippen molar-refractivity contribution in [1.82, 2.24) is 0 Å². The van der Waals surface area contributed by atoms with Gasteiger partial charge in [-0.25, -0.2) is 14.6 Å². The van der Waals surface area contributed by atoms with Gasteiger partial charge in [-0.1, -0.05) is 47.5 Å². The highest BCUT2D eigenvalue weighted by molar-refractivity contribution is 5.57. The molecule has 0 fully saturated rings. The molecule has 0 aliphatic carbocycles. The van der Waals surface area contributed by atoms with Gasteiger partial charge in [-0.2, -0.15) is 0 Å². The van der Waals surface area contributed by atoms with Gasteiger partial charge in [0, 0.05) is 5.41 Å². The van der Waals surface area contributed by atoms with E-state index in [-0.39, 0.29) is 5.41 Å². The molecule has 1 atom stereocenters. The summed E-state index contributed by atoms with van der Waals surface area (Å²) in [5.41, 5.74) is -2.19. The van der Waals surface area contributed by atoms with Gasteiger partial charge in [0.05, 0.1) is 6.61 Å². The van der Waals surface area contributed by atoms with Gasteiger partial charge < -0.3 is 9.84 Å². The molecule has 1 N–H and O–H groups in total. The first-order valence-electron chi connectivity index (χ1n) is 8.32. The van der Waals surface area contributed by atoms with E-state index in [0.29, 0.717) is 13.0 Å². The molecule has 0 aromatic rings. The molecule has 0 bridgehead atoms. The number of carbonyl (C=O) groups is 1. The van der Waals surface area contributed by atoms with E-state index in [1.165, 1.54) is 0 Å². The smallest absolute Gasteiger partial charge is 0.450 e. The summed E-state index contributed by atoms with van der Waals surface area (Å²) in [6.07, 6.45) is 3.05. The van der Waals surface area contributed by atoms with Crippen LogP contribution >= 0.6 is 0 Å². The summed E-state index contributed by atoms with van der Waals surface area (Å²) in [5, 5.41) is 9.09. The molecule has 0 aliphatic heterocycles. The zero-order chi connectivity index (χ0) is 17.4. The molecule has 0 amide bonds. The summed E-state index contributed by atoms with van der Waals surface area (Å²) in [5.74, 6) is 0. The predicted octanol–water partition coefficient (Wildman–Crippen LogP) is 5.18. The zero-order valence-corrected chi connectivity index (χ0v) is 15.3. The van der Waals surface area contributed by atoms with E-state index in [1.54, 1.807) is 13.8 Å². The van der Waals surface area contributed by atoms with E-state index < -0.39 is 17.4 Å². The lowest BCUT2D eigenvalue weighted by molar-refractivity contribution is -0.416. The number of rotatable bonds is 11. The Morgan fingerprint density at radius 2 is 1.64 bits per heavy atom. The van der Waals surface area contributed by atoms with Gasteiger partial charge in [0.25, 0.3) is 0 Å². The molecule has 0 saturated carbocycles. The van der Waals surface area contributed by atoms with Gasteiger partial charge in [-0.15, -0.1) is 0 Å². The fraction of sp³-hybridized carbons (Fsp3) is 0.941. The third kappa shape index (κ3) is 4.85. The Balaban J connectivity index is 5.54. The highest BCUT2D eigenvalue weighted by Crippen LogP contribution is 2.49. The quantitative estimate of drug-likeness (QED) is 0.246. The second-order valence-electron chi connectivity index (χ2n) is 6.95. The Hall–Kier alpha value is -0.810. The van der Waals surface area contributed by atoms with Crippen LogP contribution in [0.1, 0.15) is 80.6 Å². The maximum Gasteiger partial charge on any atom is 0.506 e. The lowest BCUT2D eigenvalue weighted by atomic mass is 9.63. The Kier molecular flexibility index (Phi) is 8.40. The van der Waals surface area contributed by atoms with Crippen LogP contribution in [0, 0.1) is 5.41 Å². The van der Waals surface area contributed by atoms with Crippen molar-refractivity contribution in [3.05, 3.63) is 0 Å². The van der Waals surface area contributed by atoms with Crippen LogP contribution in [0.4, 0.5) is 4.79 Å². The summed E-state index contributed by atoms with van der Waals surface area (Å²) in [4.78, 5) is 22.5. The third-order valence-electron chi connectivity index (χ3n) is 4.56. The second-order valence-corrected chi connectivity index (χ2v) is 6.95. The minimum atomic E-state index is -1.30. The van der Waals surface area contributed by atoms with Crippen LogP contribution in [0.25, 0.3) is 0 Å². The number of ether oxygens (including phenoxy) is 1. The van der Waals surface area contributed by atoms with Crippen molar-refractivity contribution in [1.29, 1.82) is 0 Å². The minimum Gasteiger partial charge on any atom is -0.450 e. The SMILES string of the molecule is CCCCOOC(CC)(C(C)(C)CCC)C(C)(C)OC(=O)O. The fourth-order valence-corrected chi connectivity index (χ4v) is 3.46. The molecule has 1 unspecified atom stereocenters. The van der Waals surface area contributed by atoms with Crippen molar-refractivity contribution >= 4 is 6.16 Å². The molecule has 0 rings (SSSR count). The lowest BCUT2D eigenvalue weighted by Crippen LogP contribution is -2.62. The van der Waals surface area contributed by atoms with Crippen LogP contribution in [-0.4, -0.2) is 29.1 Å². The van der Waals surface area contributed by atoms with Crippen LogP contribution in [0.2, 0.25) is 0 Å². The second kappa shape index (κ2) is 8.73.